The number of nitro benzene ring substituents is 1. The van der Waals surface area contributed by atoms with E-state index in [1.54, 1.807) is 13.8 Å². The van der Waals surface area contributed by atoms with Gasteiger partial charge in [-0.2, -0.15) is 8.42 Å². The Balaban J connectivity index is 2.16. The number of nitro groups is 1. The van der Waals surface area contributed by atoms with Gasteiger partial charge in [0.05, 0.1) is 23.3 Å². The number of nitrogens with zero attached hydrogens (tertiary/aromatic N) is 2. The maximum absolute atomic E-state index is 11.9. The van der Waals surface area contributed by atoms with Crippen LogP contribution < -0.4 is 10.5 Å². The topological polar surface area (TPSA) is 125 Å². The number of hydrogen-bond donors (Lipinski definition) is 1. The first-order valence-corrected chi connectivity index (χ1v) is 10.7. The van der Waals surface area contributed by atoms with Crippen molar-refractivity contribution in [3.05, 3.63) is 27.8 Å². The molecule has 9 nitrogen and oxygen atoms in total. The molecular weight excluding hydrogens is 374 g/mol. The smallest absolute Gasteiger partial charge is 0.295 e. The molecule has 0 aromatic heterocycles. The number of ether oxygens (including phenoxy) is 1. The van der Waals surface area contributed by atoms with Crippen LogP contribution in [0.15, 0.2) is 12.1 Å². The highest BCUT2D eigenvalue weighted by molar-refractivity contribution is 7.86. The standard InChI is InChI=1S/C17H25N3O6S/c1-17(2)16(26-27(3,23)24)15(19-7-5-4-6-8-19)11-9-12(18)13(20(21)22)10-14(11)25-17/h9-10,15-16H,4-8,18H2,1-3H3/t15-,16+/m0/s1. The molecule has 2 heterocycles. The van der Waals surface area contributed by atoms with Gasteiger partial charge in [0.1, 0.15) is 23.1 Å². The van der Waals surface area contributed by atoms with Crippen molar-refractivity contribution in [2.75, 3.05) is 25.1 Å². The van der Waals surface area contributed by atoms with Gasteiger partial charge in [0.2, 0.25) is 0 Å². The first-order chi connectivity index (χ1) is 12.5. The lowest BCUT2D eigenvalue weighted by molar-refractivity contribution is -0.384. The van der Waals surface area contributed by atoms with Crippen molar-refractivity contribution >= 4 is 21.5 Å². The SMILES string of the molecule is CC1(C)Oc2cc([N+](=O)[O-])c(N)cc2[C@H](N2CCCCC2)[C@H]1OS(C)(=O)=O. The van der Waals surface area contributed by atoms with Gasteiger partial charge in [-0.3, -0.25) is 19.2 Å². The minimum absolute atomic E-state index is 0.0159. The van der Waals surface area contributed by atoms with E-state index in [1.807, 2.05) is 0 Å². The van der Waals surface area contributed by atoms with Crippen molar-refractivity contribution in [3.63, 3.8) is 0 Å². The first-order valence-electron chi connectivity index (χ1n) is 8.89. The summed E-state index contributed by atoms with van der Waals surface area (Å²) in [5.74, 6) is 0.338. The van der Waals surface area contributed by atoms with Crippen molar-refractivity contribution < 1.29 is 22.3 Å². The average molecular weight is 399 g/mol. The van der Waals surface area contributed by atoms with Gasteiger partial charge in [-0.25, -0.2) is 0 Å². The van der Waals surface area contributed by atoms with Crippen molar-refractivity contribution in [2.24, 2.45) is 0 Å². The summed E-state index contributed by atoms with van der Waals surface area (Å²) in [6.07, 6.45) is 3.29. The summed E-state index contributed by atoms with van der Waals surface area (Å²) in [4.78, 5) is 12.9. The lowest BCUT2D eigenvalue weighted by atomic mass is 9.84. The summed E-state index contributed by atoms with van der Waals surface area (Å²) in [6, 6.07) is 2.41. The summed E-state index contributed by atoms with van der Waals surface area (Å²) in [5.41, 5.74) is 5.29. The number of fused-ring (bicyclic) bond motifs is 1. The number of benzene rings is 1. The van der Waals surface area contributed by atoms with Crippen molar-refractivity contribution in [1.82, 2.24) is 4.90 Å². The molecule has 0 saturated carbocycles. The highest BCUT2D eigenvalue weighted by Gasteiger charge is 2.49. The summed E-state index contributed by atoms with van der Waals surface area (Å²) in [5, 5.41) is 11.3. The minimum Gasteiger partial charge on any atom is -0.484 e. The molecule has 150 valence electrons. The number of nitrogens with two attached hydrogens (primary N) is 1. The van der Waals surface area contributed by atoms with Crippen molar-refractivity contribution in [3.8, 4) is 5.75 Å². The van der Waals surface area contributed by atoms with Crippen LogP contribution in [0.5, 0.6) is 5.75 Å². The third-order valence-electron chi connectivity index (χ3n) is 5.08. The molecule has 2 aliphatic rings. The van der Waals surface area contributed by atoms with E-state index < -0.39 is 32.8 Å². The van der Waals surface area contributed by atoms with E-state index in [2.05, 4.69) is 4.90 Å². The molecule has 0 radical (unpaired) electrons. The molecule has 0 aliphatic carbocycles. The quantitative estimate of drug-likeness (QED) is 0.354. The maximum Gasteiger partial charge on any atom is 0.295 e. The van der Waals surface area contributed by atoms with Crippen LogP contribution in [-0.2, 0) is 14.3 Å². The fourth-order valence-electron chi connectivity index (χ4n) is 3.91. The third-order valence-corrected chi connectivity index (χ3v) is 5.64. The van der Waals surface area contributed by atoms with Gasteiger partial charge in [-0.15, -0.1) is 0 Å². The highest BCUT2D eigenvalue weighted by atomic mass is 32.2. The van der Waals surface area contributed by atoms with E-state index in [4.69, 9.17) is 14.7 Å². The van der Waals surface area contributed by atoms with Gasteiger partial charge in [0.25, 0.3) is 15.8 Å². The zero-order valence-electron chi connectivity index (χ0n) is 15.7. The average Bonchev–Trinajstić information content (AvgIpc) is 2.55. The molecule has 27 heavy (non-hydrogen) atoms. The van der Waals surface area contributed by atoms with E-state index in [0.29, 0.717) is 11.3 Å². The zero-order valence-corrected chi connectivity index (χ0v) is 16.5. The molecule has 2 atom stereocenters. The molecule has 10 heteroatoms. The molecule has 0 bridgehead atoms. The number of rotatable bonds is 4. The second kappa shape index (κ2) is 6.92. The van der Waals surface area contributed by atoms with E-state index in [-0.39, 0.29) is 11.4 Å². The van der Waals surface area contributed by atoms with Gasteiger partial charge in [-0.1, -0.05) is 6.42 Å². The Labute approximate surface area is 158 Å². The number of hydrogen-bond acceptors (Lipinski definition) is 8. The predicted octanol–water partition coefficient (Wildman–Crippen LogP) is 2.22. The molecule has 1 aromatic carbocycles. The molecule has 0 spiro atoms. The molecule has 0 unspecified atom stereocenters. The van der Waals surface area contributed by atoms with Crippen LogP contribution >= 0.6 is 0 Å². The van der Waals surface area contributed by atoms with Crippen molar-refractivity contribution in [1.29, 1.82) is 0 Å². The first kappa shape index (κ1) is 19.8. The Hall–Kier alpha value is -1.91. The summed E-state index contributed by atoms with van der Waals surface area (Å²) >= 11 is 0. The zero-order chi connectivity index (χ0) is 20.0. The number of anilines is 1. The van der Waals surface area contributed by atoms with Crippen LogP contribution in [0.2, 0.25) is 0 Å². The Morgan fingerprint density at radius 3 is 2.48 bits per heavy atom. The van der Waals surface area contributed by atoms with Gasteiger partial charge in [0.15, 0.2) is 0 Å². The fraction of sp³-hybridized carbons (Fsp3) is 0.647. The Morgan fingerprint density at radius 2 is 1.93 bits per heavy atom. The summed E-state index contributed by atoms with van der Waals surface area (Å²) < 4.78 is 35.3. The molecular formula is C17H25N3O6S. The number of likely N-dealkylation sites (tertiary alicyclic amines) is 1. The minimum atomic E-state index is -3.75. The molecule has 1 saturated heterocycles. The monoisotopic (exact) mass is 399 g/mol. The molecule has 1 aromatic rings. The van der Waals surface area contributed by atoms with Gasteiger partial charge >= 0.3 is 0 Å². The summed E-state index contributed by atoms with van der Waals surface area (Å²) in [6.45, 7) is 5.01. The van der Waals surface area contributed by atoms with Crippen LogP contribution in [0.25, 0.3) is 0 Å². The number of piperidine rings is 1. The molecule has 2 N–H and O–H groups in total. The van der Waals surface area contributed by atoms with E-state index >= 15 is 0 Å². The second-order valence-electron chi connectivity index (χ2n) is 7.67. The van der Waals surface area contributed by atoms with Gasteiger partial charge in [0, 0.05) is 5.56 Å². The lowest BCUT2D eigenvalue weighted by Gasteiger charge is -2.48. The highest BCUT2D eigenvalue weighted by Crippen LogP contribution is 2.48. The predicted molar refractivity (Wildman–Crippen MR) is 100 cm³/mol. The van der Waals surface area contributed by atoms with Crippen LogP contribution in [0.3, 0.4) is 0 Å². The fourth-order valence-corrected chi connectivity index (χ4v) is 4.62. The van der Waals surface area contributed by atoms with Crippen LogP contribution in [0.1, 0.15) is 44.7 Å². The van der Waals surface area contributed by atoms with E-state index in [1.165, 1.54) is 12.1 Å². The normalized spacial score (nSPS) is 25.4. The van der Waals surface area contributed by atoms with Gasteiger partial charge < -0.3 is 10.5 Å². The largest absolute Gasteiger partial charge is 0.484 e. The number of nitrogen functional groups attached to an aromatic ring is 1. The molecule has 2 aliphatic heterocycles. The van der Waals surface area contributed by atoms with Crippen molar-refractivity contribution in [2.45, 2.75) is 50.9 Å². The van der Waals surface area contributed by atoms with Crippen LogP contribution in [0, 0.1) is 10.1 Å². The van der Waals surface area contributed by atoms with E-state index in [0.717, 1.165) is 38.6 Å². The third kappa shape index (κ3) is 4.02. The lowest BCUT2D eigenvalue weighted by Crippen LogP contribution is -2.56. The molecule has 1 fully saturated rings. The van der Waals surface area contributed by atoms with Gasteiger partial charge in [-0.05, 0) is 45.8 Å². The summed E-state index contributed by atoms with van der Waals surface area (Å²) in [7, 11) is -3.75. The Bertz CT molecular complexity index is 848. The van der Waals surface area contributed by atoms with E-state index in [9.17, 15) is 18.5 Å². The maximum atomic E-state index is 11.9. The molecule has 0 amide bonds. The second-order valence-corrected chi connectivity index (χ2v) is 9.27. The Kier molecular flexibility index (Phi) is 5.08. The Morgan fingerprint density at radius 1 is 1.30 bits per heavy atom. The van der Waals surface area contributed by atoms with Crippen LogP contribution in [-0.4, -0.2) is 49.3 Å². The van der Waals surface area contributed by atoms with Crippen LogP contribution in [0.4, 0.5) is 11.4 Å². The molecule has 3 rings (SSSR count).